The van der Waals surface area contributed by atoms with E-state index in [2.05, 4.69) is 5.10 Å². The number of aromatic nitrogens is 2. The van der Waals surface area contributed by atoms with Gasteiger partial charge in [0.15, 0.2) is 5.88 Å². The SMILES string of the molecule is [B-]c1c(O)n(C2(O)CCCCO2)[nH]c1=O.[Li+]. The van der Waals surface area contributed by atoms with Crippen molar-refractivity contribution in [2.45, 2.75) is 25.2 Å². The van der Waals surface area contributed by atoms with E-state index in [1.54, 1.807) is 0 Å². The van der Waals surface area contributed by atoms with Crippen LogP contribution in [0.15, 0.2) is 4.79 Å². The van der Waals surface area contributed by atoms with E-state index in [1.165, 1.54) is 0 Å². The molecule has 0 amide bonds. The Labute approximate surface area is 105 Å². The molecule has 3 N–H and O–H groups in total. The molecule has 3 radical (unpaired) electrons. The van der Waals surface area contributed by atoms with Gasteiger partial charge in [-0.05, 0) is 12.8 Å². The predicted octanol–water partition coefficient (Wildman–Crippen LogP) is -4.52. The minimum Gasteiger partial charge on any atom is -0.566 e. The van der Waals surface area contributed by atoms with Gasteiger partial charge in [0.2, 0.25) is 5.56 Å². The number of aromatic hydroxyl groups is 1. The first kappa shape index (κ1) is 13.5. The third-order valence-corrected chi connectivity index (χ3v) is 2.49. The molecule has 1 aromatic heterocycles. The first-order valence-corrected chi connectivity index (χ1v) is 4.71. The normalized spacial score (nSPS) is 25.1. The summed E-state index contributed by atoms with van der Waals surface area (Å²) >= 11 is 0. The van der Waals surface area contributed by atoms with Crippen LogP contribution in [-0.2, 0) is 10.6 Å². The quantitative estimate of drug-likeness (QED) is 0.413. The zero-order valence-electron chi connectivity index (χ0n) is 9.06. The fraction of sp³-hybridized carbons (Fsp3) is 0.625. The van der Waals surface area contributed by atoms with Crippen molar-refractivity contribution in [3.05, 3.63) is 10.4 Å². The van der Waals surface area contributed by atoms with Gasteiger partial charge >= 0.3 is 18.9 Å². The van der Waals surface area contributed by atoms with Crippen molar-refractivity contribution in [3.63, 3.8) is 0 Å². The number of hydrogen-bond acceptors (Lipinski definition) is 4. The summed E-state index contributed by atoms with van der Waals surface area (Å²) in [7, 11) is 5.29. The summed E-state index contributed by atoms with van der Waals surface area (Å²) in [5.41, 5.74) is -0.965. The molecule has 0 bridgehead atoms. The van der Waals surface area contributed by atoms with Crippen molar-refractivity contribution in [1.29, 1.82) is 0 Å². The van der Waals surface area contributed by atoms with E-state index in [-0.39, 0.29) is 24.3 Å². The van der Waals surface area contributed by atoms with Crippen LogP contribution < -0.4 is 29.9 Å². The Morgan fingerprint density at radius 1 is 1.50 bits per heavy atom. The van der Waals surface area contributed by atoms with E-state index in [9.17, 15) is 15.0 Å². The zero-order valence-corrected chi connectivity index (χ0v) is 9.06. The molecule has 0 spiro atoms. The van der Waals surface area contributed by atoms with Gasteiger partial charge in [-0.2, -0.15) is 5.46 Å². The Morgan fingerprint density at radius 2 is 2.19 bits per heavy atom. The number of hydrogen-bond donors (Lipinski definition) is 3. The maximum Gasteiger partial charge on any atom is 1.00 e. The second-order valence-electron chi connectivity index (χ2n) is 3.56. The van der Waals surface area contributed by atoms with E-state index in [0.717, 1.165) is 17.5 Å². The number of nitrogens with one attached hydrogen (secondary N) is 1. The van der Waals surface area contributed by atoms with Crippen LogP contribution in [0.3, 0.4) is 0 Å². The summed E-state index contributed by atoms with van der Waals surface area (Å²) in [6, 6.07) is 0. The number of H-pyrrole nitrogens is 1. The van der Waals surface area contributed by atoms with Crippen LogP contribution in [0.1, 0.15) is 19.3 Å². The third kappa shape index (κ3) is 2.09. The van der Waals surface area contributed by atoms with E-state index in [1.807, 2.05) is 0 Å². The second kappa shape index (κ2) is 4.72. The van der Waals surface area contributed by atoms with Crippen molar-refractivity contribution in [1.82, 2.24) is 9.78 Å². The van der Waals surface area contributed by atoms with Crippen LogP contribution in [0.5, 0.6) is 5.88 Å². The smallest absolute Gasteiger partial charge is 0.566 e. The van der Waals surface area contributed by atoms with Crippen molar-refractivity contribution in [2.24, 2.45) is 0 Å². The molecule has 2 rings (SSSR count). The monoisotopic (exact) mass is 217 g/mol. The summed E-state index contributed by atoms with van der Waals surface area (Å²) in [6.45, 7) is 0.371. The van der Waals surface area contributed by atoms with Gasteiger partial charge in [-0.1, -0.05) is 0 Å². The zero-order chi connectivity index (χ0) is 11.1. The van der Waals surface area contributed by atoms with Crippen LogP contribution >= 0.6 is 0 Å². The van der Waals surface area contributed by atoms with Gasteiger partial charge in [0.1, 0.15) is 0 Å². The fourth-order valence-electron chi connectivity index (χ4n) is 1.63. The molecule has 1 saturated heterocycles. The van der Waals surface area contributed by atoms with Crippen LogP contribution in [0.25, 0.3) is 0 Å². The molecule has 16 heavy (non-hydrogen) atoms. The number of aromatic amines is 1. The number of aliphatic hydroxyl groups is 1. The molecule has 1 aliphatic rings. The summed E-state index contributed by atoms with van der Waals surface area (Å²) in [6.07, 6.45) is 1.88. The van der Waals surface area contributed by atoms with Gasteiger partial charge in [-0.25, -0.2) is 4.68 Å². The average Bonchev–Trinajstić information content (AvgIpc) is 2.48. The van der Waals surface area contributed by atoms with Gasteiger partial charge in [0, 0.05) is 6.42 Å². The molecule has 0 saturated carbocycles. The fourth-order valence-corrected chi connectivity index (χ4v) is 1.63. The molecule has 6 nitrogen and oxygen atoms in total. The Kier molecular flexibility index (Phi) is 3.97. The molecule has 8 heteroatoms. The van der Waals surface area contributed by atoms with Crippen LogP contribution in [0.4, 0.5) is 0 Å². The molecule has 1 aliphatic heterocycles. The van der Waals surface area contributed by atoms with Crippen molar-refractivity contribution < 1.29 is 33.8 Å². The van der Waals surface area contributed by atoms with Crippen molar-refractivity contribution in [3.8, 4) is 5.88 Å². The molecule has 1 aromatic rings. The second-order valence-corrected chi connectivity index (χ2v) is 3.56. The van der Waals surface area contributed by atoms with Gasteiger partial charge in [0.25, 0.3) is 5.91 Å². The van der Waals surface area contributed by atoms with Crippen LogP contribution in [-0.4, -0.2) is 34.4 Å². The van der Waals surface area contributed by atoms with Gasteiger partial charge in [-0.3, -0.25) is 9.89 Å². The topological polar surface area (TPSA) is 87.5 Å². The molecular weight excluding hydrogens is 206 g/mol. The van der Waals surface area contributed by atoms with Gasteiger partial charge in [-0.15, -0.1) is 0 Å². The summed E-state index contributed by atoms with van der Waals surface area (Å²) in [5.74, 6) is -2.19. The first-order valence-electron chi connectivity index (χ1n) is 4.71. The van der Waals surface area contributed by atoms with Crippen molar-refractivity contribution >= 4 is 13.3 Å². The number of rotatable bonds is 1. The molecule has 1 atom stereocenters. The third-order valence-electron chi connectivity index (χ3n) is 2.49. The Bertz CT molecular complexity index is 424. The summed E-state index contributed by atoms with van der Waals surface area (Å²) in [5, 5.41) is 21.8. The molecule has 2 heterocycles. The van der Waals surface area contributed by atoms with Crippen molar-refractivity contribution in [2.75, 3.05) is 6.61 Å². The van der Waals surface area contributed by atoms with E-state index in [4.69, 9.17) is 12.6 Å². The van der Waals surface area contributed by atoms with Crippen LogP contribution in [0, 0.1) is 0 Å². The first-order chi connectivity index (χ1) is 7.04. The van der Waals surface area contributed by atoms with E-state index < -0.39 is 17.4 Å². The van der Waals surface area contributed by atoms with E-state index in [0.29, 0.717) is 13.0 Å². The molecule has 1 unspecified atom stereocenters. The largest absolute Gasteiger partial charge is 1.00 e. The van der Waals surface area contributed by atoms with E-state index >= 15 is 0 Å². The predicted molar refractivity (Wildman–Crippen MR) is 52.1 cm³/mol. The minimum atomic E-state index is -1.70. The molecule has 1 fully saturated rings. The molecule has 81 valence electrons. The number of ether oxygens (including phenoxy) is 1. The minimum absolute atomic E-state index is 0. The Balaban J connectivity index is 0.00000128. The van der Waals surface area contributed by atoms with Gasteiger partial charge in [0.05, 0.1) is 6.61 Å². The maximum absolute atomic E-state index is 11.1. The molecule has 0 aliphatic carbocycles. The van der Waals surface area contributed by atoms with Gasteiger partial charge < -0.3 is 22.8 Å². The number of nitrogens with zero attached hydrogens (tertiary/aromatic N) is 1. The van der Waals surface area contributed by atoms with Crippen LogP contribution in [0.2, 0.25) is 0 Å². The maximum atomic E-state index is 11.1. The summed E-state index contributed by atoms with van der Waals surface area (Å²) in [4.78, 5) is 11.1. The summed E-state index contributed by atoms with van der Waals surface area (Å²) < 4.78 is 6.00. The Morgan fingerprint density at radius 3 is 2.62 bits per heavy atom. The average molecular weight is 217 g/mol. The Hall–Kier alpha value is -0.608. The molecule has 0 aromatic carbocycles. The standard InChI is InChI=1S/C8H11BN2O4.Li/c9-5-6(12)10-11(7(5)13)8(14)3-1-2-4-15-8;/h13-14H,1-4H2,(H,10,12);/q-1;+1. The molecular formula is C8H11BLiN2O4.